The number of rotatable bonds is 20. The summed E-state index contributed by atoms with van der Waals surface area (Å²) in [5.74, 6) is -2.12. The van der Waals surface area contributed by atoms with Gasteiger partial charge in [-0.1, -0.05) is 69.9 Å². The summed E-state index contributed by atoms with van der Waals surface area (Å²) in [6.07, 6.45) is 23.4. The average molecular weight is 634 g/mol. The number of nitrogens with zero attached hydrogens (tertiary/aromatic N) is 1. The van der Waals surface area contributed by atoms with Crippen LogP contribution in [-0.2, 0) is 16.0 Å². The van der Waals surface area contributed by atoms with Crippen LogP contribution >= 0.6 is 0 Å². The predicted molar refractivity (Wildman–Crippen MR) is 192 cm³/mol. The standard InChI is InChI=1S/C40H59NO5/c1-29(2)14-9-15-30(3)16-10-17-31(4)18-11-19-32(5)20-12-21-33(6)22-13-23-34(7)26-39(44)41(8)36(40(45)46)27-35-24-25-37(42)38(43)28-35/h14,16,18,20,22,24-26,28,36,42-43H,9-13,15,17,19,21,23,27H2,1-8H3,(H,45,46)/b30-16+,31-18+,32-20+,33-22+,34-26+. The van der Waals surface area contributed by atoms with Crippen molar-refractivity contribution in [3.8, 4) is 11.5 Å². The third-order valence-electron chi connectivity index (χ3n) is 8.16. The van der Waals surface area contributed by atoms with Crippen LogP contribution in [0.5, 0.6) is 11.5 Å². The molecule has 1 aromatic carbocycles. The van der Waals surface area contributed by atoms with Crippen LogP contribution in [-0.4, -0.2) is 45.2 Å². The van der Waals surface area contributed by atoms with Gasteiger partial charge in [-0.3, -0.25) is 4.79 Å². The fourth-order valence-electron chi connectivity index (χ4n) is 5.03. The van der Waals surface area contributed by atoms with Gasteiger partial charge in [0.1, 0.15) is 6.04 Å². The van der Waals surface area contributed by atoms with Crippen molar-refractivity contribution in [2.24, 2.45) is 0 Å². The van der Waals surface area contributed by atoms with E-state index in [4.69, 9.17) is 0 Å². The van der Waals surface area contributed by atoms with Crippen LogP contribution in [0.3, 0.4) is 0 Å². The highest BCUT2D eigenvalue weighted by Gasteiger charge is 2.26. The number of hydrogen-bond acceptors (Lipinski definition) is 4. The topological polar surface area (TPSA) is 98.1 Å². The Morgan fingerprint density at radius 3 is 1.46 bits per heavy atom. The molecule has 254 valence electrons. The zero-order valence-corrected chi connectivity index (χ0v) is 29.7. The maximum atomic E-state index is 12.8. The molecule has 46 heavy (non-hydrogen) atoms. The first-order chi connectivity index (χ1) is 21.7. The van der Waals surface area contributed by atoms with Gasteiger partial charge in [-0.15, -0.1) is 0 Å². The molecule has 1 amide bonds. The van der Waals surface area contributed by atoms with Gasteiger partial charge in [0.05, 0.1) is 0 Å². The molecule has 0 spiro atoms. The molecule has 0 aromatic heterocycles. The molecule has 1 atom stereocenters. The van der Waals surface area contributed by atoms with Gasteiger partial charge in [0.25, 0.3) is 0 Å². The van der Waals surface area contributed by atoms with Crippen molar-refractivity contribution in [3.63, 3.8) is 0 Å². The summed E-state index contributed by atoms with van der Waals surface area (Å²) in [5, 5.41) is 28.9. The summed E-state index contributed by atoms with van der Waals surface area (Å²) < 4.78 is 0. The lowest BCUT2D eigenvalue weighted by molar-refractivity contribution is -0.147. The predicted octanol–water partition coefficient (Wildman–Crippen LogP) is 10.2. The Hall–Kier alpha value is -3.80. The van der Waals surface area contributed by atoms with Crippen LogP contribution < -0.4 is 0 Å². The van der Waals surface area contributed by atoms with Crippen molar-refractivity contribution in [2.45, 2.75) is 125 Å². The van der Waals surface area contributed by atoms with E-state index in [1.165, 1.54) is 64.1 Å². The lowest BCUT2D eigenvalue weighted by Crippen LogP contribution is -2.43. The van der Waals surface area contributed by atoms with Crippen LogP contribution in [0.4, 0.5) is 0 Å². The van der Waals surface area contributed by atoms with E-state index in [2.05, 4.69) is 71.9 Å². The summed E-state index contributed by atoms with van der Waals surface area (Å²) in [7, 11) is 1.47. The van der Waals surface area contributed by atoms with Gasteiger partial charge in [0, 0.05) is 19.5 Å². The molecular formula is C40H59NO5. The van der Waals surface area contributed by atoms with Crippen molar-refractivity contribution < 1.29 is 24.9 Å². The summed E-state index contributed by atoms with van der Waals surface area (Å²) in [6, 6.07) is 3.05. The number of benzene rings is 1. The normalized spacial score (nSPS) is 13.9. The van der Waals surface area contributed by atoms with Gasteiger partial charge in [-0.2, -0.15) is 0 Å². The van der Waals surface area contributed by atoms with E-state index >= 15 is 0 Å². The number of phenols is 2. The molecule has 1 unspecified atom stereocenters. The number of carboxylic acids is 1. The molecule has 0 fully saturated rings. The van der Waals surface area contributed by atoms with Crippen molar-refractivity contribution in [2.75, 3.05) is 7.05 Å². The van der Waals surface area contributed by atoms with Crippen LogP contribution in [0.15, 0.2) is 88.1 Å². The summed E-state index contributed by atoms with van der Waals surface area (Å²) >= 11 is 0. The number of amides is 1. The Balaban J connectivity index is 2.45. The molecule has 1 aromatic rings. The van der Waals surface area contributed by atoms with E-state index < -0.39 is 12.0 Å². The third-order valence-corrected chi connectivity index (χ3v) is 8.16. The van der Waals surface area contributed by atoms with Crippen LogP contribution in [0.1, 0.15) is 118 Å². The highest BCUT2D eigenvalue weighted by atomic mass is 16.4. The van der Waals surface area contributed by atoms with Gasteiger partial charge < -0.3 is 20.2 Å². The van der Waals surface area contributed by atoms with Crippen molar-refractivity contribution in [1.82, 2.24) is 4.90 Å². The third kappa shape index (κ3) is 17.6. The second-order valence-electron chi connectivity index (χ2n) is 13.0. The van der Waals surface area contributed by atoms with E-state index in [1.807, 2.05) is 6.92 Å². The second kappa shape index (κ2) is 21.9. The molecule has 0 heterocycles. The number of likely N-dealkylation sites (N-methyl/N-ethyl adjacent to an activating group) is 1. The molecule has 0 radical (unpaired) electrons. The van der Waals surface area contributed by atoms with Gasteiger partial charge in [-0.25, -0.2) is 4.79 Å². The van der Waals surface area contributed by atoms with Crippen LogP contribution in [0, 0.1) is 0 Å². The first kappa shape index (κ1) is 40.2. The van der Waals surface area contributed by atoms with Gasteiger partial charge >= 0.3 is 5.97 Å². The summed E-state index contributed by atoms with van der Waals surface area (Å²) in [4.78, 5) is 25.9. The minimum absolute atomic E-state index is 0.0135. The lowest BCUT2D eigenvalue weighted by atomic mass is 10.0. The number of hydrogen-bond donors (Lipinski definition) is 3. The summed E-state index contributed by atoms with van der Waals surface area (Å²) in [6.45, 7) is 15.0. The fraction of sp³-hybridized carbons (Fsp3) is 0.500. The smallest absolute Gasteiger partial charge is 0.326 e. The van der Waals surface area contributed by atoms with Gasteiger partial charge in [-0.05, 0) is 130 Å². The number of carboxylic acid groups (broad SMARTS) is 1. The van der Waals surface area contributed by atoms with Crippen molar-refractivity contribution in [3.05, 3.63) is 93.7 Å². The molecule has 0 saturated carbocycles. The number of phenolic OH excluding ortho intramolecular Hbond substituents is 2. The first-order valence-corrected chi connectivity index (χ1v) is 16.6. The van der Waals surface area contributed by atoms with E-state index in [9.17, 15) is 24.9 Å². The zero-order valence-electron chi connectivity index (χ0n) is 29.7. The quantitative estimate of drug-likeness (QED) is 0.0754. The van der Waals surface area contributed by atoms with E-state index in [1.54, 1.807) is 0 Å². The number of allylic oxidation sites excluding steroid dienone is 11. The maximum absolute atomic E-state index is 12.8. The van der Waals surface area contributed by atoms with Gasteiger partial charge in [0.2, 0.25) is 5.91 Å². The van der Waals surface area contributed by atoms with E-state index in [0.29, 0.717) is 12.0 Å². The minimum atomic E-state index is -1.14. The highest BCUT2D eigenvalue weighted by molar-refractivity contribution is 5.91. The highest BCUT2D eigenvalue weighted by Crippen LogP contribution is 2.26. The van der Waals surface area contributed by atoms with Crippen LogP contribution in [0.25, 0.3) is 0 Å². The first-order valence-electron chi connectivity index (χ1n) is 16.6. The molecule has 0 aliphatic rings. The maximum Gasteiger partial charge on any atom is 0.326 e. The Kier molecular flexibility index (Phi) is 19.1. The molecular weight excluding hydrogens is 574 g/mol. The molecule has 1 rings (SSSR count). The SMILES string of the molecule is CC(C)=CCC/C(C)=C/CC/C(C)=C/CC/C(C)=C/CC/C(C)=C/CC/C(C)=C/C(=O)N(C)C(Cc1ccc(O)c(O)c1)C(=O)O. The molecule has 0 aliphatic carbocycles. The van der Waals surface area contributed by atoms with E-state index in [-0.39, 0.29) is 23.8 Å². The molecule has 3 N–H and O–H groups in total. The Morgan fingerprint density at radius 2 is 1.07 bits per heavy atom. The van der Waals surface area contributed by atoms with Crippen molar-refractivity contribution in [1.29, 1.82) is 0 Å². The summed E-state index contributed by atoms with van der Waals surface area (Å²) in [5.41, 5.74) is 8.49. The lowest BCUT2D eigenvalue weighted by Gasteiger charge is -2.24. The fourth-order valence-corrected chi connectivity index (χ4v) is 5.03. The largest absolute Gasteiger partial charge is 0.504 e. The number of aromatic hydroxyl groups is 2. The average Bonchev–Trinajstić information content (AvgIpc) is 2.97. The number of carbonyl (C=O) groups excluding carboxylic acids is 1. The molecule has 0 bridgehead atoms. The number of carbonyl (C=O) groups is 2. The monoisotopic (exact) mass is 633 g/mol. The number of aliphatic carboxylic acids is 1. The van der Waals surface area contributed by atoms with Crippen molar-refractivity contribution >= 4 is 11.9 Å². The second-order valence-corrected chi connectivity index (χ2v) is 13.0. The Labute approximate surface area is 278 Å². The Morgan fingerprint density at radius 1 is 0.652 bits per heavy atom. The molecule has 6 nitrogen and oxygen atoms in total. The minimum Gasteiger partial charge on any atom is -0.504 e. The van der Waals surface area contributed by atoms with Crippen LogP contribution in [0.2, 0.25) is 0 Å². The zero-order chi connectivity index (χ0) is 34.6. The van der Waals surface area contributed by atoms with E-state index in [0.717, 1.165) is 63.4 Å². The molecule has 0 aliphatic heterocycles. The van der Waals surface area contributed by atoms with Gasteiger partial charge in [0.15, 0.2) is 11.5 Å². The molecule has 6 heteroatoms. The molecule has 0 saturated heterocycles. The Bertz CT molecular complexity index is 1320.